The first-order valence-corrected chi connectivity index (χ1v) is 6.79. The molecule has 1 fully saturated rings. The van der Waals surface area contributed by atoms with Crippen molar-refractivity contribution in [2.24, 2.45) is 0 Å². The van der Waals surface area contributed by atoms with E-state index < -0.39 is 0 Å². The molecule has 104 valence electrons. The summed E-state index contributed by atoms with van der Waals surface area (Å²) in [7, 11) is 1.68. The second-order valence-electron chi connectivity index (χ2n) is 5.08. The molecule has 19 heavy (non-hydrogen) atoms. The van der Waals surface area contributed by atoms with Crippen LogP contribution in [0.3, 0.4) is 0 Å². The monoisotopic (exact) mass is 262 g/mol. The number of benzene rings is 1. The minimum atomic E-state index is 0.502. The molecule has 0 unspecified atom stereocenters. The molecule has 1 atom stereocenters. The molecule has 1 aliphatic rings. The zero-order chi connectivity index (χ0) is 13.7. The lowest BCUT2D eigenvalue weighted by atomic mass is 10.1. The molecule has 0 radical (unpaired) electrons. The smallest absolute Gasteiger partial charge is 0.209 e. The van der Waals surface area contributed by atoms with E-state index in [0.29, 0.717) is 6.04 Å². The Balaban J connectivity index is 1.86. The van der Waals surface area contributed by atoms with Gasteiger partial charge in [-0.2, -0.15) is 0 Å². The van der Waals surface area contributed by atoms with Gasteiger partial charge in [0.2, 0.25) is 6.41 Å². The van der Waals surface area contributed by atoms with Crippen LogP contribution in [0.25, 0.3) is 0 Å². The highest BCUT2D eigenvalue weighted by molar-refractivity contribution is 5.47. The van der Waals surface area contributed by atoms with Crippen LogP contribution < -0.4 is 4.74 Å². The Kier molecular flexibility index (Phi) is 4.80. The molecular weight excluding hydrogens is 240 g/mol. The molecule has 0 N–H and O–H groups in total. The van der Waals surface area contributed by atoms with Gasteiger partial charge < -0.3 is 9.64 Å². The number of rotatable bonds is 5. The number of amides is 1. The molecule has 0 bridgehead atoms. The van der Waals surface area contributed by atoms with Crippen LogP contribution in [0, 0.1) is 0 Å². The minimum absolute atomic E-state index is 0.502. The summed E-state index contributed by atoms with van der Waals surface area (Å²) in [6, 6.07) is 8.76. The summed E-state index contributed by atoms with van der Waals surface area (Å²) in [5.74, 6) is 0.899. The maximum absolute atomic E-state index is 10.7. The molecule has 2 rings (SSSR count). The third-order valence-electron chi connectivity index (χ3n) is 3.81. The number of nitrogens with zero attached hydrogens (tertiary/aromatic N) is 2. The van der Waals surface area contributed by atoms with E-state index in [4.69, 9.17) is 4.74 Å². The van der Waals surface area contributed by atoms with Gasteiger partial charge >= 0.3 is 0 Å². The zero-order valence-corrected chi connectivity index (χ0v) is 11.7. The van der Waals surface area contributed by atoms with Gasteiger partial charge in [-0.15, -0.1) is 0 Å². The predicted molar refractivity (Wildman–Crippen MR) is 75.4 cm³/mol. The number of piperazine rings is 1. The lowest BCUT2D eigenvalue weighted by Crippen LogP contribution is -2.49. The van der Waals surface area contributed by atoms with Gasteiger partial charge in [0.15, 0.2) is 0 Å². The van der Waals surface area contributed by atoms with Crippen molar-refractivity contribution in [2.75, 3.05) is 33.3 Å². The first kappa shape index (κ1) is 13.9. The topological polar surface area (TPSA) is 32.8 Å². The number of carbonyl (C=O) groups excluding carboxylic acids is 1. The standard InChI is InChI=1S/C15H22N2O2/c1-13(17-9-7-16(12-18)8-10-17)11-14-3-5-15(19-2)6-4-14/h3-6,12-13H,7-11H2,1-2H3/t13-/m0/s1. The first-order chi connectivity index (χ1) is 9.22. The molecule has 1 aromatic rings. The van der Waals surface area contributed by atoms with E-state index in [1.807, 2.05) is 17.0 Å². The Bertz CT molecular complexity index is 397. The fourth-order valence-electron chi connectivity index (χ4n) is 2.52. The van der Waals surface area contributed by atoms with Crippen molar-refractivity contribution >= 4 is 6.41 Å². The van der Waals surface area contributed by atoms with Crippen molar-refractivity contribution in [1.29, 1.82) is 0 Å². The van der Waals surface area contributed by atoms with Gasteiger partial charge in [0.1, 0.15) is 5.75 Å². The van der Waals surface area contributed by atoms with Crippen LogP contribution >= 0.6 is 0 Å². The van der Waals surface area contributed by atoms with E-state index in [1.165, 1.54) is 5.56 Å². The van der Waals surface area contributed by atoms with E-state index >= 15 is 0 Å². The van der Waals surface area contributed by atoms with Gasteiger partial charge in [-0.05, 0) is 31.0 Å². The van der Waals surface area contributed by atoms with Crippen molar-refractivity contribution in [1.82, 2.24) is 9.80 Å². The Hall–Kier alpha value is -1.55. The second-order valence-corrected chi connectivity index (χ2v) is 5.08. The quantitative estimate of drug-likeness (QED) is 0.752. The largest absolute Gasteiger partial charge is 0.497 e. The molecule has 1 amide bonds. The SMILES string of the molecule is COc1ccc(C[C@H](C)N2CCN(C=O)CC2)cc1. The Morgan fingerprint density at radius 2 is 1.84 bits per heavy atom. The molecule has 0 aliphatic carbocycles. The molecular formula is C15H22N2O2. The van der Waals surface area contributed by atoms with E-state index in [1.54, 1.807) is 7.11 Å². The molecule has 4 nitrogen and oxygen atoms in total. The Morgan fingerprint density at radius 3 is 2.37 bits per heavy atom. The first-order valence-electron chi connectivity index (χ1n) is 6.79. The fraction of sp³-hybridized carbons (Fsp3) is 0.533. The number of hydrogen-bond donors (Lipinski definition) is 0. The van der Waals surface area contributed by atoms with Crippen molar-refractivity contribution in [3.8, 4) is 5.75 Å². The number of hydrogen-bond acceptors (Lipinski definition) is 3. The summed E-state index contributed by atoms with van der Waals surface area (Å²) in [4.78, 5) is 15.0. The summed E-state index contributed by atoms with van der Waals surface area (Å²) in [6.07, 6.45) is 1.98. The fourth-order valence-corrected chi connectivity index (χ4v) is 2.52. The van der Waals surface area contributed by atoms with Crippen LogP contribution in [0.15, 0.2) is 24.3 Å². The average Bonchev–Trinajstić information content (AvgIpc) is 2.48. The third kappa shape index (κ3) is 3.70. The molecule has 1 aromatic carbocycles. The second kappa shape index (κ2) is 6.57. The summed E-state index contributed by atoms with van der Waals surface area (Å²) >= 11 is 0. The third-order valence-corrected chi connectivity index (χ3v) is 3.81. The number of ether oxygens (including phenoxy) is 1. The Labute approximate surface area is 115 Å². The molecule has 0 spiro atoms. The molecule has 0 aromatic heterocycles. The molecule has 1 aliphatic heterocycles. The van der Waals surface area contributed by atoms with E-state index in [9.17, 15) is 4.79 Å². The highest BCUT2D eigenvalue weighted by Gasteiger charge is 2.20. The number of carbonyl (C=O) groups is 1. The summed E-state index contributed by atoms with van der Waals surface area (Å²) in [5.41, 5.74) is 1.33. The van der Waals surface area contributed by atoms with Gasteiger partial charge in [0.25, 0.3) is 0 Å². The maximum Gasteiger partial charge on any atom is 0.209 e. The lowest BCUT2D eigenvalue weighted by Gasteiger charge is -2.36. The van der Waals surface area contributed by atoms with Crippen molar-refractivity contribution in [3.63, 3.8) is 0 Å². The summed E-state index contributed by atoms with van der Waals surface area (Å²) in [5, 5.41) is 0. The van der Waals surface area contributed by atoms with Crippen molar-refractivity contribution in [2.45, 2.75) is 19.4 Å². The van der Waals surface area contributed by atoms with Gasteiger partial charge in [-0.25, -0.2) is 0 Å². The molecule has 0 saturated carbocycles. The Morgan fingerprint density at radius 1 is 1.21 bits per heavy atom. The summed E-state index contributed by atoms with van der Waals surface area (Å²) in [6.45, 7) is 5.87. The average molecular weight is 262 g/mol. The molecule has 1 heterocycles. The van der Waals surface area contributed by atoms with E-state index in [0.717, 1.165) is 44.8 Å². The highest BCUT2D eigenvalue weighted by Crippen LogP contribution is 2.15. The summed E-state index contributed by atoms with van der Waals surface area (Å²) < 4.78 is 5.17. The van der Waals surface area contributed by atoms with Crippen LogP contribution in [-0.2, 0) is 11.2 Å². The van der Waals surface area contributed by atoms with E-state index in [2.05, 4.69) is 24.0 Å². The van der Waals surface area contributed by atoms with Crippen LogP contribution in [-0.4, -0.2) is 55.5 Å². The molecule has 4 heteroatoms. The highest BCUT2D eigenvalue weighted by atomic mass is 16.5. The van der Waals surface area contributed by atoms with Crippen LogP contribution in [0.5, 0.6) is 5.75 Å². The lowest BCUT2D eigenvalue weighted by molar-refractivity contribution is -0.120. The van der Waals surface area contributed by atoms with E-state index in [-0.39, 0.29) is 0 Å². The molecule has 1 saturated heterocycles. The predicted octanol–water partition coefficient (Wildman–Crippen LogP) is 1.40. The van der Waals surface area contributed by atoms with Gasteiger partial charge in [0.05, 0.1) is 7.11 Å². The zero-order valence-electron chi connectivity index (χ0n) is 11.7. The van der Waals surface area contributed by atoms with Crippen LogP contribution in [0.1, 0.15) is 12.5 Å². The van der Waals surface area contributed by atoms with Crippen LogP contribution in [0.4, 0.5) is 0 Å². The van der Waals surface area contributed by atoms with Crippen molar-refractivity contribution < 1.29 is 9.53 Å². The van der Waals surface area contributed by atoms with Gasteiger partial charge in [0, 0.05) is 32.2 Å². The normalized spacial score (nSPS) is 18.1. The van der Waals surface area contributed by atoms with Gasteiger partial charge in [-0.3, -0.25) is 9.69 Å². The minimum Gasteiger partial charge on any atom is -0.497 e. The van der Waals surface area contributed by atoms with Crippen molar-refractivity contribution in [3.05, 3.63) is 29.8 Å². The number of methoxy groups -OCH3 is 1. The maximum atomic E-state index is 10.7. The van der Waals surface area contributed by atoms with Gasteiger partial charge in [-0.1, -0.05) is 12.1 Å². The van der Waals surface area contributed by atoms with Crippen LogP contribution in [0.2, 0.25) is 0 Å².